The molecule has 1 aromatic rings. The molecule has 1 aliphatic heterocycles. The van der Waals surface area contributed by atoms with E-state index in [1.54, 1.807) is 6.07 Å². The van der Waals surface area contributed by atoms with Gasteiger partial charge in [0.15, 0.2) is 0 Å². The Kier molecular flexibility index (Phi) is 4.29. The topological polar surface area (TPSA) is 33.3 Å². The molecule has 2 N–H and O–H groups in total. The van der Waals surface area contributed by atoms with E-state index < -0.39 is 0 Å². The third kappa shape index (κ3) is 3.01. The molecule has 0 aliphatic carbocycles. The lowest BCUT2D eigenvalue weighted by atomic mass is 10.2. The Bertz CT molecular complexity index is 354. The average molecular weight is 261 g/mol. The quantitative estimate of drug-likeness (QED) is 0.876. The lowest BCUT2D eigenvalue weighted by Gasteiger charge is -2.24. The van der Waals surface area contributed by atoms with Crippen molar-refractivity contribution in [1.29, 1.82) is 0 Å². The summed E-state index contributed by atoms with van der Waals surface area (Å²) >= 11 is 12.0. The molecule has 1 aliphatic rings. The lowest BCUT2D eigenvalue weighted by molar-refractivity contribution is 0.0806. The number of halogens is 2. The summed E-state index contributed by atoms with van der Waals surface area (Å²) in [6, 6.07) is 5.89. The van der Waals surface area contributed by atoms with Gasteiger partial charge in [-0.05, 0) is 12.1 Å². The summed E-state index contributed by atoms with van der Waals surface area (Å²) in [4.78, 5) is 0. The normalized spacial score (nSPS) is 20.8. The highest BCUT2D eigenvalue weighted by molar-refractivity contribution is 6.43. The Labute approximate surface area is 105 Å². The van der Waals surface area contributed by atoms with Crippen LogP contribution in [0.5, 0.6) is 0 Å². The fourth-order valence-electron chi connectivity index (χ4n) is 1.62. The van der Waals surface area contributed by atoms with Gasteiger partial charge in [0.1, 0.15) is 0 Å². The monoisotopic (exact) mass is 260 g/mol. The first-order chi connectivity index (χ1) is 7.77. The average Bonchev–Trinajstić information content (AvgIpc) is 2.32. The van der Waals surface area contributed by atoms with Crippen LogP contribution in [0.3, 0.4) is 0 Å². The Morgan fingerprint density at radius 1 is 1.44 bits per heavy atom. The summed E-state index contributed by atoms with van der Waals surface area (Å²) in [7, 11) is 0. The van der Waals surface area contributed by atoms with Crippen LogP contribution in [0.15, 0.2) is 18.2 Å². The predicted octanol–water partition coefficient (Wildman–Crippen LogP) is 2.39. The van der Waals surface area contributed by atoms with E-state index in [4.69, 9.17) is 27.9 Å². The lowest BCUT2D eigenvalue weighted by Crippen LogP contribution is -2.45. The number of rotatable bonds is 3. The molecule has 0 amide bonds. The summed E-state index contributed by atoms with van der Waals surface area (Å²) in [6.45, 7) is 3.19. The molecule has 88 valence electrons. The second kappa shape index (κ2) is 5.73. The van der Waals surface area contributed by atoms with Gasteiger partial charge in [-0.15, -0.1) is 0 Å². The summed E-state index contributed by atoms with van der Waals surface area (Å²) in [5.74, 6) is 0. The molecular formula is C11H14Cl2N2O. The first-order valence-corrected chi connectivity index (χ1v) is 6.02. The number of anilines is 1. The van der Waals surface area contributed by atoms with Gasteiger partial charge in [0, 0.05) is 19.1 Å². The molecule has 3 nitrogen and oxygen atoms in total. The maximum absolute atomic E-state index is 6.06. The molecule has 1 saturated heterocycles. The number of benzene rings is 1. The number of ether oxygens (including phenoxy) is 1. The molecule has 1 atom stereocenters. The fourth-order valence-corrected chi connectivity index (χ4v) is 1.99. The van der Waals surface area contributed by atoms with Crippen molar-refractivity contribution in [2.75, 3.05) is 31.6 Å². The van der Waals surface area contributed by atoms with Crippen LogP contribution in [-0.4, -0.2) is 32.3 Å². The molecule has 0 aromatic heterocycles. The molecule has 16 heavy (non-hydrogen) atoms. The number of nitrogens with one attached hydrogen (secondary N) is 2. The van der Waals surface area contributed by atoms with Crippen LogP contribution in [0, 0.1) is 0 Å². The van der Waals surface area contributed by atoms with E-state index in [1.165, 1.54) is 0 Å². The highest BCUT2D eigenvalue weighted by Crippen LogP contribution is 2.29. The summed E-state index contributed by atoms with van der Waals surface area (Å²) < 4.78 is 5.36. The smallest absolute Gasteiger partial charge is 0.0823 e. The Morgan fingerprint density at radius 3 is 3.06 bits per heavy atom. The number of morpholine rings is 1. The van der Waals surface area contributed by atoms with Gasteiger partial charge in [0.25, 0.3) is 0 Å². The molecule has 0 bridgehead atoms. The van der Waals surface area contributed by atoms with Crippen LogP contribution in [-0.2, 0) is 4.74 Å². The minimum atomic E-state index is 0.323. The third-order valence-corrected chi connectivity index (χ3v) is 3.31. The zero-order chi connectivity index (χ0) is 11.4. The molecule has 1 unspecified atom stereocenters. The van der Waals surface area contributed by atoms with Gasteiger partial charge in [-0.2, -0.15) is 0 Å². The molecule has 2 rings (SSSR count). The van der Waals surface area contributed by atoms with Crippen molar-refractivity contribution in [2.24, 2.45) is 0 Å². The second-order valence-corrected chi connectivity index (χ2v) is 4.49. The van der Waals surface area contributed by atoms with Crippen molar-refractivity contribution in [1.82, 2.24) is 5.32 Å². The SMILES string of the molecule is Clc1cccc(NCC2COCCN2)c1Cl. The second-order valence-electron chi connectivity index (χ2n) is 3.71. The minimum absolute atomic E-state index is 0.323. The summed E-state index contributed by atoms with van der Waals surface area (Å²) in [5.41, 5.74) is 0.863. The molecular weight excluding hydrogens is 247 g/mol. The van der Waals surface area contributed by atoms with Crippen molar-refractivity contribution in [2.45, 2.75) is 6.04 Å². The largest absolute Gasteiger partial charge is 0.382 e. The predicted molar refractivity (Wildman–Crippen MR) is 67.6 cm³/mol. The maximum Gasteiger partial charge on any atom is 0.0823 e. The zero-order valence-electron chi connectivity index (χ0n) is 8.80. The Morgan fingerprint density at radius 2 is 2.31 bits per heavy atom. The fraction of sp³-hybridized carbons (Fsp3) is 0.455. The first kappa shape index (κ1) is 12.0. The van der Waals surface area contributed by atoms with Crippen LogP contribution >= 0.6 is 23.2 Å². The van der Waals surface area contributed by atoms with Crippen LogP contribution in [0.25, 0.3) is 0 Å². The zero-order valence-corrected chi connectivity index (χ0v) is 10.3. The van der Waals surface area contributed by atoms with E-state index in [1.807, 2.05) is 12.1 Å². The van der Waals surface area contributed by atoms with E-state index >= 15 is 0 Å². The number of hydrogen-bond donors (Lipinski definition) is 2. The molecule has 1 fully saturated rings. The van der Waals surface area contributed by atoms with E-state index in [-0.39, 0.29) is 0 Å². The molecule has 1 heterocycles. The van der Waals surface area contributed by atoms with Gasteiger partial charge < -0.3 is 15.4 Å². The van der Waals surface area contributed by atoms with Crippen molar-refractivity contribution in [3.8, 4) is 0 Å². The van der Waals surface area contributed by atoms with Crippen molar-refractivity contribution < 1.29 is 4.74 Å². The molecule has 5 heteroatoms. The van der Waals surface area contributed by atoms with Crippen LogP contribution < -0.4 is 10.6 Å². The van der Waals surface area contributed by atoms with Gasteiger partial charge in [-0.1, -0.05) is 29.3 Å². The van der Waals surface area contributed by atoms with Crippen LogP contribution in [0.1, 0.15) is 0 Å². The highest BCUT2D eigenvalue weighted by atomic mass is 35.5. The van der Waals surface area contributed by atoms with Gasteiger partial charge in [-0.3, -0.25) is 0 Å². The molecule has 0 spiro atoms. The minimum Gasteiger partial charge on any atom is -0.382 e. The van der Waals surface area contributed by atoms with E-state index in [0.717, 1.165) is 32.0 Å². The first-order valence-electron chi connectivity index (χ1n) is 5.26. The molecule has 1 aromatic carbocycles. The molecule has 0 saturated carbocycles. The van der Waals surface area contributed by atoms with Crippen LogP contribution in [0.2, 0.25) is 10.0 Å². The van der Waals surface area contributed by atoms with Crippen molar-refractivity contribution in [3.63, 3.8) is 0 Å². The van der Waals surface area contributed by atoms with E-state index in [2.05, 4.69) is 10.6 Å². The Hall–Kier alpha value is -0.480. The summed E-state index contributed by atoms with van der Waals surface area (Å²) in [5, 5.41) is 7.76. The van der Waals surface area contributed by atoms with Crippen molar-refractivity contribution in [3.05, 3.63) is 28.2 Å². The third-order valence-electron chi connectivity index (χ3n) is 2.49. The van der Waals surface area contributed by atoms with E-state index in [9.17, 15) is 0 Å². The van der Waals surface area contributed by atoms with Gasteiger partial charge in [0.2, 0.25) is 0 Å². The number of hydrogen-bond acceptors (Lipinski definition) is 3. The Balaban J connectivity index is 1.91. The van der Waals surface area contributed by atoms with Gasteiger partial charge in [-0.25, -0.2) is 0 Å². The highest BCUT2D eigenvalue weighted by Gasteiger charge is 2.13. The maximum atomic E-state index is 6.06. The van der Waals surface area contributed by atoms with Gasteiger partial charge >= 0.3 is 0 Å². The van der Waals surface area contributed by atoms with Crippen molar-refractivity contribution >= 4 is 28.9 Å². The standard InChI is InChI=1S/C11H14Cl2N2O/c12-9-2-1-3-10(11(9)13)15-6-8-7-16-5-4-14-8/h1-3,8,14-15H,4-7H2. The van der Waals surface area contributed by atoms with Gasteiger partial charge in [0.05, 0.1) is 28.9 Å². The summed E-state index contributed by atoms with van der Waals surface area (Å²) in [6.07, 6.45) is 0. The van der Waals surface area contributed by atoms with E-state index in [0.29, 0.717) is 16.1 Å². The van der Waals surface area contributed by atoms with Crippen LogP contribution in [0.4, 0.5) is 5.69 Å². The molecule has 0 radical (unpaired) electrons.